The molecular formula is C66H123N2O6P. The summed E-state index contributed by atoms with van der Waals surface area (Å²) in [7, 11) is 1.23. The second-order valence-electron chi connectivity index (χ2n) is 22.7. The molecule has 438 valence electrons. The molecule has 0 rings (SSSR count). The summed E-state index contributed by atoms with van der Waals surface area (Å²) in [6.45, 7) is 4.63. The van der Waals surface area contributed by atoms with Crippen molar-refractivity contribution in [1.82, 2.24) is 5.32 Å². The first-order valence-corrected chi connectivity index (χ1v) is 33.3. The van der Waals surface area contributed by atoms with Gasteiger partial charge in [-0.05, 0) is 83.5 Å². The Kier molecular flexibility index (Phi) is 55.1. The fourth-order valence-electron chi connectivity index (χ4n) is 9.14. The number of carbonyl (C=O) groups is 1. The Morgan fingerprint density at radius 2 is 0.787 bits per heavy atom. The van der Waals surface area contributed by atoms with Gasteiger partial charge in [-0.15, -0.1) is 0 Å². The first-order valence-electron chi connectivity index (χ1n) is 31.8. The zero-order valence-corrected chi connectivity index (χ0v) is 50.9. The van der Waals surface area contributed by atoms with E-state index in [1.807, 2.05) is 27.2 Å². The van der Waals surface area contributed by atoms with Crippen LogP contribution in [0.1, 0.15) is 290 Å². The largest absolute Gasteiger partial charge is 0.756 e. The number of unbranched alkanes of at least 4 members (excludes halogenated alkanes) is 35. The molecule has 0 saturated carbocycles. The van der Waals surface area contributed by atoms with E-state index in [1.165, 1.54) is 212 Å². The average molecular weight is 1070 g/mol. The van der Waals surface area contributed by atoms with E-state index in [4.69, 9.17) is 9.05 Å². The van der Waals surface area contributed by atoms with Crippen molar-refractivity contribution in [2.45, 2.75) is 302 Å². The third-order valence-corrected chi connectivity index (χ3v) is 15.1. The van der Waals surface area contributed by atoms with Gasteiger partial charge in [-0.3, -0.25) is 9.36 Å². The van der Waals surface area contributed by atoms with Gasteiger partial charge in [0.25, 0.3) is 7.82 Å². The van der Waals surface area contributed by atoms with Crippen LogP contribution in [0, 0.1) is 0 Å². The van der Waals surface area contributed by atoms with Crippen LogP contribution in [0.25, 0.3) is 0 Å². The molecule has 1 amide bonds. The van der Waals surface area contributed by atoms with Crippen LogP contribution in [-0.4, -0.2) is 68.5 Å². The Labute approximate surface area is 465 Å². The Balaban J connectivity index is 4.24. The van der Waals surface area contributed by atoms with E-state index in [1.54, 1.807) is 6.08 Å². The summed E-state index contributed by atoms with van der Waals surface area (Å²) in [4.78, 5) is 25.6. The van der Waals surface area contributed by atoms with Gasteiger partial charge in [0.1, 0.15) is 13.2 Å². The quantitative estimate of drug-likeness (QED) is 0.0272. The molecule has 0 aromatic carbocycles. The minimum atomic E-state index is -4.62. The summed E-state index contributed by atoms with van der Waals surface area (Å²) in [6, 6.07) is -0.917. The fraction of sp³-hybridized carbons (Fsp3) is 0.803. The van der Waals surface area contributed by atoms with Crippen molar-refractivity contribution in [1.29, 1.82) is 0 Å². The lowest BCUT2D eigenvalue weighted by Gasteiger charge is -2.29. The highest BCUT2D eigenvalue weighted by Crippen LogP contribution is 2.38. The van der Waals surface area contributed by atoms with E-state index in [-0.39, 0.29) is 12.5 Å². The van der Waals surface area contributed by atoms with E-state index in [0.29, 0.717) is 17.4 Å². The van der Waals surface area contributed by atoms with E-state index < -0.39 is 26.6 Å². The summed E-state index contributed by atoms with van der Waals surface area (Å²) >= 11 is 0. The number of phosphoric ester groups is 1. The summed E-state index contributed by atoms with van der Waals surface area (Å²) in [6.07, 6.45) is 78.6. The van der Waals surface area contributed by atoms with Gasteiger partial charge in [0.05, 0.1) is 39.9 Å². The van der Waals surface area contributed by atoms with Crippen LogP contribution in [0.2, 0.25) is 0 Å². The van der Waals surface area contributed by atoms with Crippen LogP contribution in [-0.2, 0) is 18.4 Å². The number of nitrogens with one attached hydrogen (secondary N) is 1. The number of likely N-dealkylation sites (N-methyl/N-ethyl adjacent to an activating group) is 1. The number of rotatable bonds is 58. The number of nitrogens with zero attached hydrogens (tertiary/aromatic N) is 1. The molecule has 2 N–H and O–H groups in total. The molecule has 0 spiro atoms. The van der Waals surface area contributed by atoms with Gasteiger partial charge in [0, 0.05) is 6.42 Å². The maximum atomic E-state index is 13.0. The molecule has 3 atom stereocenters. The number of quaternary nitrogens is 1. The van der Waals surface area contributed by atoms with Crippen LogP contribution in [0.4, 0.5) is 0 Å². The SMILES string of the molecule is CCCCCCC/C=C\C/C=C\C/C=C\CCCCCCCCCCCCC(=O)NC(COP(=O)([O-])OCC[N+](C)(C)C)C(O)/C=C/CC/C=C/CC/C=C/CCCCCCCCCCCCCCCCCCCC. The predicted molar refractivity (Wildman–Crippen MR) is 325 cm³/mol. The van der Waals surface area contributed by atoms with E-state index in [9.17, 15) is 19.4 Å². The van der Waals surface area contributed by atoms with Gasteiger partial charge in [0.15, 0.2) is 0 Å². The summed E-state index contributed by atoms with van der Waals surface area (Å²) in [5.41, 5.74) is 0. The number of aliphatic hydroxyl groups is 1. The molecule has 8 nitrogen and oxygen atoms in total. The van der Waals surface area contributed by atoms with Gasteiger partial charge in [-0.1, -0.05) is 273 Å². The number of aliphatic hydroxyl groups excluding tert-OH is 1. The van der Waals surface area contributed by atoms with Crippen molar-refractivity contribution in [3.05, 3.63) is 72.9 Å². The molecule has 0 saturated heterocycles. The zero-order valence-electron chi connectivity index (χ0n) is 50.0. The lowest BCUT2D eigenvalue weighted by Crippen LogP contribution is -2.45. The normalized spacial score (nSPS) is 14.3. The van der Waals surface area contributed by atoms with Crippen molar-refractivity contribution in [2.75, 3.05) is 40.9 Å². The lowest BCUT2D eigenvalue weighted by atomic mass is 10.0. The number of amides is 1. The molecule has 0 aromatic heterocycles. The molecule has 9 heteroatoms. The highest BCUT2D eigenvalue weighted by molar-refractivity contribution is 7.45. The molecule has 0 aliphatic carbocycles. The topological polar surface area (TPSA) is 108 Å². The Morgan fingerprint density at radius 1 is 0.467 bits per heavy atom. The summed E-state index contributed by atoms with van der Waals surface area (Å²) in [5, 5.41) is 13.9. The van der Waals surface area contributed by atoms with Crippen molar-refractivity contribution >= 4 is 13.7 Å². The highest BCUT2D eigenvalue weighted by Gasteiger charge is 2.23. The molecule has 0 aliphatic heterocycles. The highest BCUT2D eigenvalue weighted by atomic mass is 31.2. The molecular weight excluding hydrogens is 948 g/mol. The maximum absolute atomic E-state index is 13.0. The van der Waals surface area contributed by atoms with Gasteiger partial charge in [-0.2, -0.15) is 0 Å². The van der Waals surface area contributed by atoms with Crippen LogP contribution in [0.15, 0.2) is 72.9 Å². The molecule has 0 aliphatic rings. The number of carbonyl (C=O) groups excluding carboxylic acids is 1. The summed E-state index contributed by atoms with van der Waals surface area (Å²) < 4.78 is 23.4. The number of allylic oxidation sites excluding steroid dienone is 11. The standard InChI is InChI=1S/C66H123N2O6P/c1-6-8-10-12-14-16-18-20-22-24-26-28-30-32-33-34-36-37-39-41-43-45-47-49-51-53-55-57-59-65(69)64(63-74-75(71,72)73-62-61-68(3,4)5)67-66(70)60-58-56-54-52-50-48-46-44-42-40-38-35-31-29-27-25-23-21-19-17-15-13-11-9-7-2/h19,21,25,27,31,35,41,43,49,51,57,59,64-65,69H,6-18,20,22-24,26,28-30,32-34,36-40,42,44-48,50,52-56,58,60-63H2,1-5H3,(H-,67,70,71,72)/b21-19-,27-25-,35-31-,43-41+,51-49+,59-57+. The van der Waals surface area contributed by atoms with Gasteiger partial charge >= 0.3 is 0 Å². The third kappa shape index (κ3) is 59.4. The minimum Gasteiger partial charge on any atom is -0.756 e. The Hall–Kier alpha value is -2.06. The number of hydrogen-bond donors (Lipinski definition) is 2. The smallest absolute Gasteiger partial charge is 0.268 e. The van der Waals surface area contributed by atoms with Crippen molar-refractivity contribution in [3.8, 4) is 0 Å². The minimum absolute atomic E-state index is 0.0123. The molecule has 0 radical (unpaired) electrons. The van der Waals surface area contributed by atoms with Gasteiger partial charge in [-0.25, -0.2) is 0 Å². The monoisotopic (exact) mass is 1070 g/mol. The second-order valence-corrected chi connectivity index (χ2v) is 24.2. The third-order valence-electron chi connectivity index (χ3n) is 14.1. The molecule has 0 aromatic rings. The van der Waals surface area contributed by atoms with Crippen LogP contribution in [0.3, 0.4) is 0 Å². The molecule has 3 unspecified atom stereocenters. The van der Waals surface area contributed by atoms with Crippen molar-refractivity contribution in [2.24, 2.45) is 0 Å². The molecule has 0 bridgehead atoms. The predicted octanol–water partition coefficient (Wildman–Crippen LogP) is 19.2. The molecule has 0 heterocycles. The van der Waals surface area contributed by atoms with Crippen LogP contribution < -0.4 is 10.2 Å². The van der Waals surface area contributed by atoms with Gasteiger partial charge < -0.3 is 28.8 Å². The maximum Gasteiger partial charge on any atom is 0.268 e. The number of phosphoric acid groups is 1. The van der Waals surface area contributed by atoms with Crippen LogP contribution in [0.5, 0.6) is 0 Å². The molecule has 75 heavy (non-hydrogen) atoms. The van der Waals surface area contributed by atoms with Gasteiger partial charge in [0.2, 0.25) is 5.91 Å². The first kappa shape index (κ1) is 72.9. The number of hydrogen-bond acceptors (Lipinski definition) is 6. The average Bonchev–Trinajstić information content (AvgIpc) is 3.37. The zero-order chi connectivity index (χ0) is 54.9. The second kappa shape index (κ2) is 56.7. The fourth-order valence-corrected chi connectivity index (χ4v) is 9.86. The van der Waals surface area contributed by atoms with E-state index in [0.717, 1.165) is 57.8 Å². The molecule has 0 fully saturated rings. The van der Waals surface area contributed by atoms with Crippen molar-refractivity contribution in [3.63, 3.8) is 0 Å². The first-order chi connectivity index (χ1) is 36.5. The van der Waals surface area contributed by atoms with Crippen molar-refractivity contribution < 1.29 is 32.9 Å². The Bertz CT molecular complexity index is 1450. The lowest BCUT2D eigenvalue weighted by molar-refractivity contribution is -0.870. The van der Waals surface area contributed by atoms with E-state index >= 15 is 0 Å². The Morgan fingerprint density at radius 3 is 1.17 bits per heavy atom. The van der Waals surface area contributed by atoms with E-state index in [2.05, 4.69) is 79.9 Å². The van der Waals surface area contributed by atoms with Crippen LogP contribution >= 0.6 is 7.82 Å². The summed E-state index contributed by atoms with van der Waals surface area (Å²) in [5.74, 6) is -0.215.